The fraction of sp³-hybridized carbons (Fsp3) is 0.391. The van der Waals surface area contributed by atoms with Crippen LogP contribution in [0.1, 0.15) is 40.7 Å². The Morgan fingerprint density at radius 1 is 1.19 bits per heavy atom. The van der Waals surface area contributed by atoms with Crippen molar-refractivity contribution < 1.29 is 9.18 Å². The summed E-state index contributed by atoms with van der Waals surface area (Å²) in [7, 11) is 0. The highest BCUT2D eigenvalue weighted by Gasteiger charge is 2.22. The molecule has 0 saturated carbocycles. The first kappa shape index (κ1) is 21.9. The second-order valence-electron chi connectivity index (χ2n) is 8.21. The van der Waals surface area contributed by atoms with Crippen molar-refractivity contribution in [2.45, 2.75) is 33.2 Å². The number of primary amides is 1. The zero-order valence-electron chi connectivity index (χ0n) is 18.3. The molecule has 0 unspecified atom stereocenters. The Balaban J connectivity index is 1.43. The van der Waals surface area contributed by atoms with Gasteiger partial charge in [0.2, 0.25) is 5.95 Å². The minimum atomic E-state index is -0.730. The van der Waals surface area contributed by atoms with Crippen molar-refractivity contribution in [2.75, 3.05) is 31.1 Å². The molecule has 3 N–H and O–H groups in total. The van der Waals surface area contributed by atoms with Crippen molar-refractivity contribution in [1.29, 1.82) is 0 Å². The average molecular weight is 439 g/mol. The van der Waals surface area contributed by atoms with E-state index in [1.165, 1.54) is 0 Å². The number of piperazine rings is 1. The van der Waals surface area contributed by atoms with E-state index in [9.17, 15) is 14.0 Å². The number of nitrogens with two attached hydrogens (primary N) is 1. The maximum absolute atomic E-state index is 14.5. The van der Waals surface area contributed by atoms with Crippen LogP contribution in [0.25, 0.3) is 11.0 Å². The Kier molecular flexibility index (Phi) is 6.18. The number of anilines is 1. The van der Waals surface area contributed by atoms with Gasteiger partial charge in [-0.05, 0) is 42.7 Å². The lowest BCUT2D eigenvalue weighted by Crippen LogP contribution is -2.46. The maximum Gasteiger partial charge on any atom is 0.270 e. The molecular formula is C23H27FN6O2. The third kappa shape index (κ3) is 4.47. The Morgan fingerprint density at radius 3 is 2.62 bits per heavy atom. The number of fused-ring (bicyclic) bond motifs is 1. The number of pyridine rings is 1. The topological polar surface area (TPSA) is 108 Å². The molecule has 2 aromatic heterocycles. The van der Waals surface area contributed by atoms with Crippen molar-refractivity contribution in [3.05, 3.63) is 63.1 Å². The van der Waals surface area contributed by atoms with Gasteiger partial charge in [-0.25, -0.2) is 9.97 Å². The van der Waals surface area contributed by atoms with Crippen LogP contribution >= 0.6 is 0 Å². The molecule has 1 saturated heterocycles. The summed E-state index contributed by atoms with van der Waals surface area (Å²) >= 11 is 0. The lowest BCUT2D eigenvalue weighted by Gasteiger charge is -2.36. The molecule has 8 nitrogen and oxygen atoms in total. The van der Waals surface area contributed by atoms with Crippen molar-refractivity contribution in [3.63, 3.8) is 0 Å². The zero-order chi connectivity index (χ0) is 22.8. The molecule has 0 aliphatic carbocycles. The molecule has 1 amide bonds. The van der Waals surface area contributed by atoms with E-state index in [-0.39, 0.29) is 11.3 Å². The molecule has 1 aromatic carbocycles. The number of aromatic amines is 1. The van der Waals surface area contributed by atoms with Crippen LogP contribution in [0.5, 0.6) is 0 Å². The standard InChI is InChI=1S/C23H27FN6O2/c1-3-4-17-23(32)27-18-12-15(5-6-16(18)26-17)13-29-7-9-30(10-8-29)19-11-14(2)20(22(25)31)28-21(19)24/h5-6,11-12H,3-4,7-10,13H2,1-2H3,(H2,25,31)(H,27,32). The molecule has 3 aromatic rings. The average Bonchev–Trinajstić information content (AvgIpc) is 2.76. The number of nitrogens with zero attached hydrogens (tertiary/aromatic N) is 4. The minimum Gasteiger partial charge on any atom is -0.365 e. The summed E-state index contributed by atoms with van der Waals surface area (Å²) in [5, 5.41) is 0. The van der Waals surface area contributed by atoms with Crippen LogP contribution in [0.15, 0.2) is 29.1 Å². The van der Waals surface area contributed by atoms with Gasteiger partial charge in [0.1, 0.15) is 11.4 Å². The molecule has 0 bridgehead atoms. The van der Waals surface area contributed by atoms with Crippen molar-refractivity contribution in [1.82, 2.24) is 19.9 Å². The number of carbonyl (C=O) groups excluding carboxylic acids is 1. The largest absolute Gasteiger partial charge is 0.365 e. The van der Waals surface area contributed by atoms with Crippen LogP contribution in [0.3, 0.4) is 0 Å². The van der Waals surface area contributed by atoms with Gasteiger partial charge in [0.25, 0.3) is 11.5 Å². The Hall–Kier alpha value is -3.33. The van der Waals surface area contributed by atoms with Crippen molar-refractivity contribution in [2.24, 2.45) is 5.73 Å². The highest BCUT2D eigenvalue weighted by atomic mass is 19.1. The van der Waals surface area contributed by atoms with E-state index in [4.69, 9.17) is 5.73 Å². The molecule has 4 rings (SSSR count). The lowest BCUT2D eigenvalue weighted by molar-refractivity contribution is 0.0994. The first-order valence-electron chi connectivity index (χ1n) is 10.8. The van der Waals surface area contributed by atoms with Crippen LogP contribution in [-0.2, 0) is 13.0 Å². The Labute approximate surface area is 185 Å². The quantitative estimate of drug-likeness (QED) is 0.571. The summed E-state index contributed by atoms with van der Waals surface area (Å²) in [4.78, 5) is 39.0. The van der Waals surface area contributed by atoms with Gasteiger partial charge in [0.05, 0.1) is 16.7 Å². The van der Waals surface area contributed by atoms with Crippen LogP contribution in [0.4, 0.5) is 10.1 Å². The third-order valence-electron chi connectivity index (χ3n) is 5.81. The molecule has 32 heavy (non-hydrogen) atoms. The van der Waals surface area contributed by atoms with Gasteiger partial charge < -0.3 is 15.6 Å². The number of carbonyl (C=O) groups is 1. The molecule has 168 valence electrons. The molecule has 0 spiro atoms. The van der Waals surface area contributed by atoms with E-state index in [0.717, 1.165) is 42.7 Å². The first-order valence-corrected chi connectivity index (χ1v) is 10.8. The van der Waals surface area contributed by atoms with Gasteiger partial charge in [-0.1, -0.05) is 19.4 Å². The summed E-state index contributed by atoms with van der Waals surface area (Å²) in [6, 6.07) is 7.59. The normalized spacial score (nSPS) is 14.8. The summed E-state index contributed by atoms with van der Waals surface area (Å²) < 4.78 is 14.5. The summed E-state index contributed by atoms with van der Waals surface area (Å²) in [6.07, 6.45) is 1.54. The van der Waals surface area contributed by atoms with E-state index in [1.807, 2.05) is 30.0 Å². The highest BCUT2D eigenvalue weighted by molar-refractivity contribution is 5.92. The van der Waals surface area contributed by atoms with Crippen LogP contribution in [-0.4, -0.2) is 51.9 Å². The zero-order valence-corrected chi connectivity index (χ0v) is 18.3. The Morgan fingerprint density at radius 2 is 1.94 bits per heavy atom. The number of rotatable bonds is 6. The predicted octanol–water partition coefficient (Wildman–Crippen LogP) is 2.14. The number of nitrogens with one attached hydrogen (secondary N) is 1. The number of H-pyrrole nitrogens is 1. The summed E-state index contributed by atoms with van der Waals surface area (Å²) in [5.74, 6) is -1.41. The molecule has 0 atom stereocenters. The summed E-state index contributed by atoms with van der Waals surface area (Å²) in [5.41, 5.74) is 9.25. The number of aryl methyl sites for hydroxylation is 2. The van der Waals surface area contributed by atoms with E-state index in [1.54, 1.807) is 13.0 Å². The van der Waals surface area contributed by atoms with Gasteiger partial charge in [0.15, 0.2) is 0 Å². The van der Waals surface area contributed by atoms with Crippen LogP contribution in [0.2, 0.25) is 0 Å². The number of hydrogen-bond acceptors (Lipinski definition) is 6. The SMILES string of the molecule is CCCc1nc2ccc(CN3CCN(c4cc(C)c(C(N)=O)nc4F)CC3)cc2[nH]c1=O. The lowest BCUT2D eigenvalue weighted by atomic mass is 10.1. The molecule has 3 heterocycles. The van der Waals surface area contributed by atoms with Gasteiger partial charge >= 0.3 is 0 Å². The molecule has 0 radical (unpaired) electrons. The molecule has 1 aliphatic heterocycles. The molecule has 1 aliphatic rings. The van der Waals surface area contributed by atoms with Gasteiger partial charge in [-0.15, -0.1) is 0 Å². The molecular weight excluding hydrogens is 411 g/mol. The fourth-order valence-corrected chi connectivity index (χ4v) is 4.13. The van der Waals surface area contributed by atoms with Crippen LogP contribution in [0, 0.1) is 12.9 Å². The number of amides is 1. The number of halogens is 1. The number of hydrogen-bond donors (Lipinski definition) is 2. The van der Waals surface area contributed by atoms with Gasteiger partial charge in [-0.3, -0.25) is 14.5 Å². The van der Waals surface area contributed by atoms with Crippen molar-refractivity contribution >= 4 is 22.6 Å². The summed E-state index contributed by atoms with van der Waals surface area (Å²) in [6.45, 7) is 7.23. The fourth-order valence-electron chi connectivity index (χ4n) is 4.13. The van der Waals surface area contributed by atoms with E-state index >= 15 is 0 Å². The van der Waals surface area contributed by atoms with E-state index < -0.39 is 11.9 Å². The first-order chi connectivity index (χ1) is 15.4. The number of benzene rings is 1. The van der Waals surface area contributed by atoms with E-state index in [0.29, 0.717) is 36.5 Å². The highest BCUT2D eigenvalue weighted by Crippen LogP contribution is 2.23. The monoisotopic (exact) mass is 438 g/mol. The smallest absolute Gasteiger partial charge is 0.270 e. The van der Waals surface area contributed by atoms with Gasteiger partial charge in [0, 0.05) is 32.7 Å². The van der Waals surface area contributed by atoms with E-state index in [2.05, 4.69) is 19.9 Å². The van der Waals surface area contributed by atoms with Gasteiger partial charge in [-0.2, -0.15) is 4.39 Å². The third-order valence-corrected chi connectivity index (χ3v) is 5.81. The minimum absolute atomic E-state index is 0.0319. The Bertz CT molecular complexity index is 1220. The van der Waals surface area contributed by atoms with Crippen molar-refractivity contribution in [3.8, 4) is 0 Å². The predicted molar refractivity (Wildman–Crippen MR) is 121 cm³/mol. The molecule has 1 fully saturated rings. The second-order valence-corrected chi connectivity index (χ2v) is 8.21. The second kappa shape index (κ2) is 9.04. The molecule has 9 heteroatoms. The maximum atomic E-state index is 14.5. The van der Waals surface area contributed by atoms with Crippen LogP contribution < -0.4 is 16.2 Å². The number of aromatic nitrogens is 3.